The number of hydrogen-bond donors (Lipinski definition) is 0. The van der Waals surface area contributed by atoms with Crippen molar-refractivity contribution in [3.05, 3.63) is 0 Å². The molecule has 0 bridgehead atoms. The molecule has 0 aromatic carbocycles. The van der Waals surface area contributed by atoms with Crippen LogP contribution in [0, 0.1) is 5.92 Å². The summed E-state index contributed by atoms with van der Waals surface area (Å²) in [6.45, 7) is 4.59. The van der Waals surface area contributed by atoms with E-state index >= 15 is 0 Å². The fraction of sp³-hybridized carbons (Fsp3) is 0.833. The van der Waals surface area contributed by atoms with E-state index in [4.69, 9.17) is 0 Å². The minimum absolute atomic E-state index is 0.458. The van der Waals surface area contributed by atoms with E-state index in [0.29, 0.717) is 12.5 Å². The average molecular weight is 147 g/mol. The molecular weight excluding hydrogens is 136 g/mol. The number of hydrogen-bond acceptors (Lipinski definition) is 2. The van der Waals surface area contributed by atoms with Gasteiger partial charge in [-0.25, -0.2) is 4.79 Å². The van der Waals surface area contributed by atoms with Crippen LogP contribution in [-0.4, -0.2) is 11.9 Å². The van der Waals surface area contributed by atoms with Gasteiger partial charge in [0.05, 0.1) is 6.61 Å². The number of ether oxygens (including phenoxy) is 1. The van der Waals surface area contributed by atoms with Gasteiger partial charge in [-0.05, 0) is 12.3 Å². The Morgan fingerprint density at radius 2 is 2.22 bits per heavy atom. The van der Waals surface area contributed by atoms with Crippen molar-refractivity contribution in [2.45, 2.75) is 20.3 Å². The van der Waals surface area contributed by atoms with Crippen LogP contribution >= 0.6 is 12.6 Å². The molecule has 3 heteroatoms. The lowest BCUT2D eigenvalue weighted by atomic mass is 10.1. The van der Waals surface area contributed by atoms with Gasteiger partial charge in [-0.15, -0.1) is 0 Å². The van der Waals surface area contributed by atoms with Crippen LogP contribution in [0.4, 0.5) is 4.79 Å². The molecule has 9 heavy (non-hydrogen) atoms. The zero-order valence-corrected chi connectivity index (χ0v) is 6.53. The summed E-state index contributed by atoms with van der Waals surface area (Å²) in [7, 11) is 0. The van der Waals surface area contributed by atoms with Crippen molar-refractivity contribution in [3.8, 4) is 0 Å². The molecule has 0 aliphatic heterocycles. The molecule has 0 amide bonds. The summed E-state index contributed by atoms with van der Waals surface area (Å²) in [4.78, 5) is 10.0. The lowest BCUT2D eigenvalue weighted by Gasteiger charge is -2.01. The van der Waals surface area contributed by atoms with Crippen LogP contribution in [0.15, 0.2) is 0 Å². The van der Waals surface area contributed by atoms with Crippen molar-refractivity contribution >= 4 is 17.9 Å². The molecule has 0 rings (SSSR count). The molecule has 0 unspecified atom stereocenters. The van der Waals surface area contributed by atoms with Crippen molar-refractivity contribution in [2.75, 3.05) is 6.61 Å². The van der Waals surface area contributed by atoms with E-state index in [2.05, 4.69) is 31.2 Å². The van der Waals surface area contributed by atoms with Crippen LogP contribution in [0.1, 0.15) is 20.3 Å². The average Bonchev–Trinajstić information content (AvgIpc) is 1.63. The molecule has 0 fully saturated rings. The Bertz CT molecular complexity index is 91.1. The van der Waals surface area contributed by atoms with Crippen LogP contribution in [0.25, 0.3) is 0 Å². The van der Waals surface area contributed by atoms with Gasteiger partial charge in [-0.3, -0.25) is 0 Å². The molecule has 0 aliphatic rings. The first-order chi connectivity index (χ1) is 4.13. The molecule has 1 radical (unpaired) electrons. The molecule has 0 aromatic rings. The Balaban J connectivity index is 3.01. The summed E-state index contributed by atoms with van der Waals surface area (Å²) < 4.78 is 4.53. The summed E-state index contributed by atoms with van der Waals surface area (Å²) in [6, 6.07) is 0. The highest BCUT2D eigenvalue weighted by molar-refractivity contribution is 7.96. The number of carbonyl (C=O) groups excluding carboxylic acids is 1. The van der Waals surface area contributed by atoms with E-state index in [1.807, 2.05) is 0 Å². The Morgan fingerprint density at radius 3 is 2.56 bits per heavy atom. The highest BCUT2D eigenvalue weighted by Gasteiger charge is 1.96. The van der Waals surface area contributed by atoms with E-state index in [-0.39, 0.29) is 0 Å². The normalized spacial score (nSPS) is 9.67. The van der Waals surface area contributed by atoms with Crippen molar-refractivity contribution in [1.82, 2.24) is 0 Å². The van der Waals surface area contributed by atoms with Crippen LogP contribution < -0.4 is 0 Å². The van der Waals surface area contributed by atoms with Crippen molar-refractivity contribution in [2.24, 2.45) is 5.92 Å². The molecule has 0 aromatic heterocycles. The molecular formula is C6H11O2S. The van der Waals surface area contributed by atoms with Crippen LogP contribution in [0.3, 0.4) is 0 Å². The van der Waals surface area contributed by atoms with E-state index in [9.17, 15) is 4.79 Å². The maximum atomic E-state index is 10.0. The molecule has 0 atom stereocenters. The Hall–Kier alpha value is -0.310. The summed E-state index contributed by atoms with van der Waals surface area (Å²) >= 11 is 4.17. The van der Waals surface area contributed by atoms with Gasteiger partial charge in [0.15, 0.2) is 0 Å². The van der Waals surface area contributed by atoms with Crippen LogP contribution in [-0.2, 0) is 4.74 Å². The van der Waals surface area contributed by atoms with Gasteiger partial charge in [-0.2, -0.15) is 0 Å². The van der Waals surface area contributed by atoms with Gasteiger partial charge in [0.2, 0.25) is 0 Å². The quantitative estimate of drug-likeness (QED) is 0.573. The maximum absolute atomic E-state index is 10.0. The fourth-order valence-corrected chi connectivity index (χ4v) is 0.461. The van der Waals surface area contributed by atoms with Gasteiger partial charge in [0.25, 0.3) is 0 Å². The van der Waals surface area contributed by atoms with E-state index in [1.165, 1.54) is 0 Å². The van der Waals surface area contributed by atoms with Crippen molar-refractivity contribution < 1.29 is 9.53 Å². The lowest BCUT2D eigenvalue weighted by molar-refractivity contribution is 0.169. The maximum Gasteiger partial charge on any atom is 0.400 e. The Kier molecular flexibility index (Phi) is 4.40. The summed E-state index contributed by atoms with van der Waals surface area (Å²) in [6.07, 6.45) is 0.891. The number of carbonyl (C=O) groups is 1. The molecule has 0 spiro atoms. The lowest BCUT2D eigenvalue weighted by Crippen LogP contribution is -1.99. The van der Waals surface area contributed by atoms with Gasteiger partial charge in [0.1, 0.15) is 0 Å². The molecule has 53 valence electrons. The van der Waals surface area contributed by atoms with E-state index in [1.54, 1.807) is 0 Å². The standard InChI is InChI=1S/C6H11O2S/c1-5(2)3-4-8-6(7)9/h5H,3-4H2,1-2H3. The first-order valence-corrected chi connectivity index (χ1v) is 3.37. The minimum Gasteiger partial charge on any atom is -0.454 e. The zero-order valence-electron chi connectivity index (χ0n) is 5.72. The molecule has 2 nitrogen and oxygen atoms in total. The first kappa shape index (κ1) is 8.69. The van der Waals surface area contributed by atoms with Crippen molar-refractivity contribution in [1.29, 1.82) is 0 Å². The zero-order chi connectivity index (χ0) is 7.28. The number of rotatable bonds is 3. The Morgan fingerprint density at radius 1 is 1.67 bits per heavy atom. The second-order valence-electron chi connectivity index (χ2n) is 2.28. The molecule has 0 saturated carbocycles. The second-order valence-corrected chi connectivity index (χ2v) is 2.61. The summed E-state index contributed by atoms with van der Waals surface area (Å²) in [5.41, 5.74) is 0. The monoisotopic (exact) mass is 147 g/mol. The predicted octanol–water partition coefficient (Wildman–Crippen LogP) is 2.37. The van der Waals surface area contributed by atoms with E-state index in [0.717, 1.165) is 6.42 Å². The molecule has 0 N–H and O–H groups in total. The topological polar surface area (TPSA) is 26.3 Å². The molecule has 0 saturated heterocycles. The van der Waals surface area contributed by atoms with E-state index < -0.39 is 5.30 Å². The van der Waals surface area contributed by atoms with Gasteiger partial charge < -0.3 is 4.74 Å². The largest absolute Gasteiger partial charge is 0.454 e. The third-order valence-electron chi connectivity index (χ3n) is 0.915. The summed E-state index contributed by atoms with van der Waals surface area (Å²) in [5, 5.41) is -0.601. The van der Waals surface area contributed by atoms with Gasteiger partial charge in [0, 0.05) is 12.6 Å². The van der Waals surface area contributed by atoms with Gasteiger partial charge >= 0.3 is 5.30 Å². The minimum atomic E-state index is -0.601. The molecule has 0 heterocycles. The SMILES string of the molecule is CC(C)CCOC(=O)[S]. The van der Waals surface area contributed by atoms with Crippen LogP contribution in [0.5, 0.6) is 0 Å². The van der Waals surface area contributed by atoms with Crippen LogP contribution in [0.2, 0.25) is 0 Å². The third kappa shape index (κ3) is 7.69. The third-order valence-corrected chi connectivity index (χ3v) is 1.03. The summed E-state index contributed by atoms with van der Waals surface area (Å²) in [5.74, 6) is 0.569. The van der Waals surface area contributed by atoms with Crippen molar-refractivity contribution in [3.63, 3.8) is 0 Å². The molecule has 0 aliphatic carbocycles. The predicted molar refractivity (Wildman–Crippen MR) is 38.4 cm³/mol. The Labute approximate surface area is 61.0 Å². The smallest absolute Gasteiger partial charge is 0.400 e. The second kappa shape index (κ2) is 4.56. The fourth-order valence-electron chi connectivity index (χ4n) is 0.378. The first-order valence-electron chi connectivity index (χ1n) is 2.96. The highest BCUT2D eigenvalue weighted by atomic mass is 32.1. The highest BCUT2D eigenvalue weighted by Crippen LogP contribution is 1.99. The van der Waals surface area contributed by atoms with Gasteiger partial charge in [-0.1, -0.05) is 13.8 Å².